The van der Waals surface area contributed by atoms with Crippen LogP contribution in [0, 0.1) is 0 Å². The van der Waals surface area contributed by atoms with Gasteiger partial charge in [-0.3, -0.25) is 0 Å². The average Bonchev–Trinajstić information content (AvgIpc) is 2.78. The van der Waals surface area contributed by atoms with Gasteiger partial charge in [0.25, 0.3) is 0 Å². The van der Waals surface area contributed by atoms with Crippen LogP contribution in [0.4, 0.5) is 13.6 Å². The van der Waals surface area contributed by atoms with Gasteiger partial charge in [0.05, 0.1) is 19.4 Å². The van der Waals surface area contributed by atoms with Crippen LogP contribution in [0.1, 0.15) is 12.2 Å². The van der Waals surface area contributed by atoms with E-state index in [-0.39, 0.29) is 25.7 Å². The summed E-state index contributed by atoms with van der Waals surface area (Å²) in [5.41, 5.74) is 0. The van der Waals surface area contributed by atoms with Crippen LogP contribution >= 0.6 is 0 Å². The highest BCUT2D eigenvalue weighted by atomic mass is 19.3. The van der Waals surface area contributed by atoms with Gasteiger partial charge in [-0.05, 0) is 18.6 Å². The van der Waals surface area contributed by atoms with Crippen LogP contribution in [0.3, 0.4) is 0 Å². The Morgan fingerprint density at radius 1 is 1.47 bits per heavy atom. The molecule has 1 heterocycles. The first kappa shape index (κ1) is 13.4. The molecule has 0 aromatic carbocycles. The van der Waals surface area contributed by atoms with E-state index in [1.807, 2.05) is 0 Å². The molecule has 2 amide bonds. The van der Waals surface area contributed by atoms with Gasteiger partial charge in [-0.25, -0.2) is 4.79 Å². The van der Waals surface area contributed by atoms with Gasteiger partial charge in [0.1, 0.15) is 5.76 Å². The third-order valence-corrected chi connectivity index (χ3v) is 1.85. The van der Waals surface area contributed by atoms with Crippen molar-refractivity contribution in [3.8, 4) is 0 Å². The van der Waals surface area contributed by atoms with E-state index >= 15 is 0 Å². The van der Waals surface area contributed by atoms with Crippen molar-refractivity contribution in [2.75, 3.05) is 13.2 Å². The molecule has 1 aromatic rings. The Bertz CT molecular complexity index is 317. The number of furan rings is 1. The van der Waals surface area contributed by atoms with Crippen LogP contribution in [0.25, 0.3) is 0 Å². The Hall–Kier alpha value is -1.63. The molecule has 0 aliphatic carbocycles. The highest BCUT2D eigenvalue weighted by Crippen LogP contribution is 1.98. The van der Waals surface area contributed by atoms with Gasteiger partial charge in [0.2, 0.25) is 0 Å². The van der Waals surface area contributed by atoms with Crippen LogP contribution < -0.4 is 10.6 Å². The highest BCUT2D eigenvalue weighted by Gasteiger charge is 2.03. The van der Waals surface area contributed by atoms with Gasteiger partial charge in [0.15, 0.2) is 0 Å². The zero-order chi connectivity index (χ0) is 12.5. The lowest BCUT2D eigenvalue weighted by molar-refractivity contribution is -0.128. The molecule has 0 radical (unpaired) electrons. The number of urea groups is 1. The summed E-state index contributed by atoms with van der Waals surface area (Å²) in [7, 11) is 0. The van der Waals surface area contributed by atoms with Crippen LogP contribution in [0.5, 0.6) is 0 Å². The van der Waals surface area contributed by atoms with E-state index in [0.29, 0.717) is 12.2 Å². The summed E-state index contributed by atoms with van der Waals surface area (Å²) in [6.07, 6.45) is 1.84. The Balaban J connectivity index is 1.98. The van der Waals surface area contributed by atoms with E-state index in [1.54, 1.807) is 12.1 Å². The molecule has 7 heteroatoms. The molecule has 0 unspecified atom stereocenters. The number of amides is 2. The molecule has 0 atom stereocenters. The van der Waals surface area contributed by atoms with Crippen LogP contribution in [0.2, 0.25) is 0 Å². The molecule has 0 saturated heterocycles. The van der Waals surface area contributed by atoms with Crippen LogP contribution in [0.15, 0.2) is 22.8 Å². The standard InChI is InChI=1S/C10H14F2N2O3/c11-9(12)17-6-2-4-13-10(15)14-7-8-3-1-5-16-8/h1,3,5,9H,2,4,6-7H2,(H2,13,14,15). The Morgan fingerprint density at radius 2 is 2.29 bits per heavy atom. The van der Waals surface area contributed by atoms with E-state index in [0.717, 1.165) is 0 Å². The minimum Gasteiger partial charge on any atom is -0.467 e. The van der Waals surface area contributed by atoms with Gasteiger partial charge < -0.3 is 19.8 Å². The first-order valence-corrected chi connectivity index (χ1v) is 5.12. The number of alkyl halides is 2. The maximum atomic E-state index is 11.6. The van der Waals surface area contributed by atoms with E-state index in [4.69, 9.17) is 4.42 Å². The second kappa shape index (κ2) is 7.61. The fourth-order valence-electron chi connectivity index (χ4n) is 1.09. The number of halogens is 2. The highest BCUT2D eigenvalue weighted by molar-refractivity contribution is 5.73. The van der Waals surface area contributed by atoms with E-state index in [2.05, 4.69) is 15.4 Å². The average molecular weight is 248 g/mol. The van der Waals surface area contributed by atoms with Crippen molar-refractivity contribution in [3.05, 3.63) is 24.2 Å². The minimum absolute atomic E-state index is 0.0872. The molecular weight excluding hydrogens is 234 g/mol. The lowest BCUT2D eigenvalue weighted by Gasteiger charge is -2.06. The molecular formula is C10H14F2N2O3. The molecule has 0 spiro atoms. The zero-order valence-electron chi connectivity index (χ0n) is 9.12. The summed E-state index contributed by atoms with van der Waals surface area (Å²) in [5, 5.41) is 5.05. The molecule has 2 N–H and O–H groups in total. The van der Waals surface area contributed by atoms with Gasteiger partial charge in [-0.1, -0.05) is 0 Å². The van der Waals surface area contributed by atoms with Crippen molar-refractivity contribution in [1.29, 1.82) is 0 Å². The van der Waals surface area contributed by atoms with Crippen molar-refractivity contribution in [2.45, 2.75) is 19.6 Å². The predicted molar refractivity (Wildman–Crippen MR) is 55.5 cm³/mol. The van der Waals surface area contributed by atoms with Crippen molar-refractivity contribution in [1.82, 2.24) is 10.6 Å². The molecule has 1 aromatic heterocycles. The number of rotatable bonds is 7. The van der Waals surface area contributed by atoms with Crippen LogP contribution in [-0.4, -0.2) is 25.8 Å². The third-order valence-electron chi connectivity index (χ3n) is 1.85. The lowest BCUT2D eigenvalue weighted by atomic mass is 10.4. The number of carbonyl (C=O) groups excluding carboxylic acids is 1. The maximum absolute atomic E-state index is 11.6. The predicted octanol–water partition coefficient (Wildman–Crippen LogP) is 1.71. The number of hydrogen-bond acceptors (Lipinski definition) is 3. The summed E-state index contributed by atoms with van der Waals surface area (Å²) in [6, 6.07) is 3.08. The molecule has 0 saturated carbocycles. The number of hydrogen-bond donors (Lipinski definition) is 2. The van der Waals surface area contributed by atoms with Gasteiger partial charge in [-0.15, -0.1) is 0 Å². The summed E-state index contributed by atoms with van der Waals surface area (Å²) in [5.74, 6) is 0.640. The Morgan fingerprint density at radius 3 is 2.94 bits per heavy atom. The molecule has 0 fully saturated rings. The normalized spacial score (nSPS) is 10.5. The first-order chi connectivity index (χ1) is 8.18. The van der Waals surface area contributed by atoms with Crippen molar-refractivity contribution in [2.24, 2.45) is 0 Å². The van der Waals surface area contributed by atoms with Gasteiger partial charge in [0, 0.05) is 6.54 Å². The number of ether oxygens (including phenoxy) is 1. The largest absolute Gasteiger partial charge is 0.467 e. The Kier molecular flexibility index (Phi) is 6.02. The zero-order valence-corrected chi connectivity index (χ0v) is 9.12. The third kappa shape index (κ3) is 6.52. The number of carbonyl (C=O) groups is 1. The van der Waals surface area contributed by atoms with Crippen molar-refractivity contribution >= 4 is 6.03 Å². The summed E-state index contributed by atoms with van der Waals surface area (Å²) in [6.45, 7) is -2.29. The molecule has 96 valence electrons. The van der Waals surface area contributed by atoms with E-state index < -0.39 is 6.61 Å². The topological polar surface area (TPSA) is 63.5 Å². The minimum atomic E-state index is -2.76. The number of nitrogens with one attached hydrogen (secondary N) is 2. The molecule has 0 aliphatic rings. The monoisotopic (exact) mass is 248 g/mol. The Labute approximate surface area is 97.1 Å². The molecule has 0 bridgehead atoms. The molecule has 0 aliphatic heterocycles. The van der Waals surface area contributed by atoms with Gasteiger partial charge in [-0.2, -0.15) is 8.78 Å². The smallest absolute Gasteiger partial charge is 0.345 e. The quantitative estimate of drug-likeness (QED) is 0.722. The second-order valence-corrected chi connectivity index (χ2v) is 3.17. The molecule has 17 heavy (non-hydrogen) atoms. The van der Waals surface area contributed by atoms with Crippen molar-refractivity contribution < 1.29 is 22.7 Å². The molecule has 5 nitrogen and oxygen atoms in total. The van der Waals surface area contributed by atoms with Crippen molar-refractivity contribution in [3.63, 3.8) is 0 Å². The van der Waals surface area contributed by atoms with E-state index in [1.165, 1.54) is 6.26 Å². The fraction of sp³-hybridized carbons (Fsp3) is 0.500. The van der Waals surface area contributed by atoms with E-state index in [9.17, 15) is 13.6 Å². The SMILES string of the molecule is O=C(NCCCOC(F)F)NCc1ccco1. The van der Waals surface area contributed by atoms with Gasteiger partial charge >= 0.3 is 12.6 Å². The lowest BCUT2D eigenvalue weighted by Crippen LogP contribution is -2.35. The summed E-state index contributed by atoms with van der Waals surface area (Å²) in [4.78, 5) is 11.2. The fourth-order valence-corrected chi connectivity index (χ4v) is 1.09. The first-order valence-electron chi connectivity index (χ1n) is 5.12. The second-order valence-electron chi connectivity index (χ2n) is 3.17. The molecule has 1 rings (SSSR count). The maximum Gasteiger partial charge on any atom is 0.345 e. The summed E-state index contributed by atoms with van der Waals surface area (Å²) < 4.78 is 32.2. The summed E-state index contributed by atoms with van der Waals surface area (Å²) >= 11 is 0. The van der Waals surface area contributed by atoms with Crippen LogP contribution in [-0.2, 0) is 11.3 Å².